The molecule has 0 aromatic heterocycles. The van der Waals surface area contributed by atoms with E-state index in [0.717, 1.165) is 19.4 Å². The van der Waals surface area contributed by atoms with E-state index < -0.39 is 0 Å². The Bertz CT molecular complexity index is 436. The zero-order chi connectivity index (χ0) is 13.1. The molecule has 1 aliphatic rings. The minimum Gasteiger partial charge on any atom is -0.381 e. The minimum absolute atomic E-state index is 0.279. The van der Waals surface area contributed by atoms with Gasteiger partial charge in [-0.25, -0.2) is 4.39 Å². The van der Waals surface area contributed by atoms with Crippen LogP contribution >= 0.6 is 11.6 Å². The smallest absolute Gasteiger partial charge is 0.147 e. The molecule has 18 heavy (non-hydrogen) atoms. The Balaban J connectivity index is 1.98. The molecule has 1 aromatic carbocycles. The van der Waals surface area contributed by atoms with Crippen LogP contribution in [0.1, 0.15) is 26.7 Å². The molecular formula is C15H19ClFN. The van der Waals surface area contributed by atoms with Gasteiger partial charge in [0.25, 0.3) is 0 Å². The molecule has 0 fully saturated rings. The quantitative estimate of drug-likeness (QED) is 0.770. The van der Waals surface area contributed by atoms with E-state index >= 15 is 0 Å². The predicted molar refractivity (Wildman–Crippen MR) is 75.5 cm³/mol. The van der Waals surface area contributed by atoms with Crippen LogP contribution in [0.3, 0.4) is 0 Å². The monoisotopic (exact) mass is 267 g/mol. The van der Waals surface area contributed by atoms with Gasteiger partial charge in [0.05, 0.1) is 10.7 Å². The first-order valence-corrected chi connectivity index (χ1v) is 6.79. The fourth-order valence-electron chi connectivity index (χ4n) is 2.75. The number of halogens is 2. The molecule has 0 spiro atoms. The van der Waals surface area contributed by atoms with Crippen molar-refractivity contribution in [2.75, 3.05) is 11.9 Å². The number of hydrogen-bond acceptors (Lipinski definition) is 1. The second kappa shape index (κ2) is 5.75. The van der Waals surface area contributed by atoms with Crippen molar-refractivity contribution in [2.45, 2.75) is 26.7 Å². The zero-order valence-corrected chi connectivity index (χ0v) is 11.6. The molecule has 1 aromatic rings. The molecule has 3 heteroatoms. The third kappa shape index (κ3) is 3.26. The largest absolute Gasteiger partial charge is 0.381 e. The molecule has 1 aliphatic carbocycles. The lowest BCUT2D eigenvalue weighted by Crippen LogP contribution is -2.20. The number of hydrogen-bond donors (Lipinski definition) is 1. The van der Waals surface area contributed by atoms with Crippen LogP contribution in [0.15, 0.2) is 29.8 Å². The van der Waals surface area contributed by atoms with Gasteiger partial charge in [0, 0.05) is 6.54 Å². The van der Waals surface area contributed by atoms with Crippen LogP contribution < -0.4 is 5.32 Å². The third-order valence-electron chi connectivity index (χ3n) is 3.42. The highest BCUT2D eigenvalue weighted by molar-refractivity contribution is 6.33. The lowest BCUT2D eigenvalue weighted by atomic mass is 9.84. The van der Waals surface area contributed by atoms with Crippen LogP contribution in [0, 0.1) is 17.7 Å². The number of allylic oxidation sites excluding steroid dienone is 2. The van der Waals surface area contributed by atoms with Crippen LogP contribution in [-0.4, -0.2) is 6.54 Å². The molecule has 2 atom stereocenters. The minimum atomic E-state index is -0.279. The molecule has 0 saturated carbocycles. The van der Waals surface area contributed by atoms with Crippen molar-refractivity contribution in [3.63, 3.8) is 0 Å². The van der Waals surface area contributed by atoms with E-state index in [2.05, 4.69) is 25.2 Å². The molecule has 0 saturated heterocycles. The summed E-state index contributed by atoms with van der Waals surface area (Å²) in [7, 11) is 0. The molecule has 98 valence electrons. The van der Waals surface area contributed by atoms with Gasteiger partial charge in [-0.15, -0.1) is 0 Å². The fraction of sp³-hybridized carbons (Fsp3) is 0.467. The zero-order valence-electron chi connectivity index (χ0n) is 10.8. The summed E-state index contributed by atoms with van der Waals surface area (Å²) in [4.78, 5) is 0. The van der Waals surface area contributed by atoms with Crippen LogP contribution in [0.4, 0.5) is 10.1 Å². The number of para-hydroxylation sites is 1. The van der Waals surface area contributed by atoms with Gasteiger partial charge in [-0.3, -0.25) is 0 Å². The summed E-state index contributed by atoms with van der Waals surface area (Å²) >= 11 is 5.99. The Morgan fingerprint density at radius 3 is 2.89 bits per heavy atom. The molecule has 0 radical (unpaired) electrons. The Morgan fingerprint density at radius 1 is 1.44 bits per heavy atom. The van der Waals surface area contributed by atoms with Gasteiger partial charge in [-0.1, -0.05) is 36.2 Å². The molecule has 0 amide bonds. The Labute approximate surface area is 113 Å². The second-order valence-electron chi connectivity index (χ2n) is 5.27. The van der Waals surface area contributed by atoms with Crippen LogP contribution in [0.5, 0.6) is 0 Å². The van der Waals surface area contributed by atoms with Crippen molar-refractivity contribution >= 4 is 17.3 Å². The first-order chi connectivity index (χ1) is 8.56. The van der Waals surface area contributed by atoms with Gasteiger partial charge >= 0.3 is 0 Å². The highest BCUT2D eigenvalue weighted by Crippen LogP contribution is 2.30. The van der Waals surface area contributed by atoms with Gasteiger partial charge in [-0.2, -0.15) is 0 Å². The average Bonchev–Trinajstić information content (AvgIpc) is 2.27. The lowest BCUT2D eigenvalue weighted by Gasteiger charge is -2.26. The summed E-state index contributed by atoms with van der Waals surface area (Å²) in [5, 5.41) is 3.61. The predicted octanol–water partition coefficient (Wildman–Crippen LogP) is 4.88. The first kappa shape index (κ1) is 13.4. The molecule has 1 N–H and O–H groups in total. The number of anilines is 1. The molecule has 1 nitrogen and oxygen atoms in total. The van der Waals surface area contributed by atoms with Gasteiger partial charge in [0.2, 0.25) is 0 Å². The molecule has 2 rings (SSSR count). The number of benzene rings is 1. The van der Waals surface area contributed by atoms with Gasteiger partial charge < -0.3 is 5.32 Å². The summed E-state index contributed by atoms with van der Waals surface area (Å²) in [6.45, 7) is 5.17. The third-order valence-corrected chi connectivity index (χ3v) is 3.73. The van der Waals surface area contributed by atoms with E-state index in [1.165, 1.54) is 11.6 Å². The van der Waals surface area contributed by atoms with Crippen molar-refractivity contribution in [2.24, 2.45) is 11.8 Å². The van der Waals surface area contributed by atoms with Crippen LogP contribution in [-0.2, 0) is 0 Å². The van der Waals surface area contributed by atoms with Gasteiger partial charge in [0.15, 0.2) is 0 Å². The van der Waals surface area contributed by atoms with Crippen molar-refractivity contribution in [1.82, 2.24) is 0 Å². The number of nitrogens with one attached hydrogen (secondary N) is 1. The topological polar surface area (TPSA) is 12.0 Å². The Kier molecular flexibility index (Phi) is 4.28. The summed E-state index contributed by atoms with van der Waals surface area (Å²) in [6.07, 6.45) is 4.56. The average molecular weight is 268 g/mol. The summed E-state index contributed by atoms with van der Waals surface area (Å²) in [5.41, 5.74) is 1.86. The summed E-state index contributed by atoms with van der Waals surface area (Å²) < 4.78 is 13.6. The number of rotatable bonds is 3. The van der Waals surface area contributed by atoms with E-state index in [0.29, 0.717) is 22.5 Å². The van der Waals surface area contributed by atoms with E-state index in [-0.39, 0.29) is 5.82 Å². The maximum absolute atomic E-state index is 13.6. The van der Waals surface area contributed by atoms with E-state index in [4.69, 9.17) is 11.6 Å². The molecule has 0 heterocycles. The first-order valence-electron chi connectivity index (χ1n) is 6.41. The Hall–Kier alpha value is -1.02. The van der Waals surface area contributed by atoms with E-state index in [1.54, 1.807) is 12.1 Å². The van der Waals surface area contributed by atoms with E-state index in [1.807, 2.05) is 0 Å². The SMILES string of the molecule is CC1=CC(C)CC(CNc2c(F)cccc2Cl)C1. The molecular weight excluding hydrogens is 249 g/mol. The van der Waals surface area contributed by atoms with Crippen LogP contribution in [0.25, 0.3) is 0 Å². The maximum atomic E-state index is 13.6. The van der Waals surface area contributed by atoms with Crippen molar-refractivity contribution in [3.8, 4) is 0 Å². The standard InChI is InChI=1S/C15H19ClFN/c1-10-6-11(2)8-12(7-10)9-18-15-13(16)4-3-5-14(15)17/h3-6,10,12,18H,7-9H2,1-2H3. The van der Waals surface area contributed by atoms with Gasteiger partial charge in [-0.05, 0) is 43.7 Å². The summed E-state index contributed by atoms with van der Waals surface area (Å²) in [6, 6.07) is 4.77. The highest BCUT2D eigenvalue weighted by Gasteiger charge is 2.18. The molecule has 0 bridgehead atoms. The maximum Gasteiger partial charge on any atom is 0.147 e. The molecule has 0 aliphatic heterocycles. The summed E-state index contributed by atoms with van der Waals surface area (Å²) in [5.74, 6) is 0.890. The lowest BCUT2D eigenvalue weighted by molar-refractivity contribution is 0.420. The van der Waals surface area contributed by atoms with Gasteiger partial charge in [0.1, 0.15) is 5.82 Å². The molecule has 2 unspecified atom stereocenters. The highest BCUT2D eigenvalue weighted by atomic mass is 35.5. The van der Waals surface area contributed by atoms with Crippen molar-refractivity contribution in [1.29, 1.82) is 0 Å². The van der Waals surface area contributed by atoms with Crippen molar-refractivity contribution < 1.29 is 4.39 Å². The fourth-order valence-corrected chi connectivity index (χ4v) is 2.98. The second-order valence-corrected chi connectivity index (χ2v) is 5.68. The Morgan fingerprint density at radius 2 is 2.22 bits per heavy atom. The van der Waals surface area contributed by atoms with Crippen LogP contribution in [0.2, 0.25) is 5.02 Å². The normalized spacial score (nSPS) is 23.7. The van der Waals surface area contributed by atoms with E-state index in [9.17, 15) is 4.39 Å². The van der Waals surface area contributed by atoms with Crippen molar-refractivity contribution in [3.05, 3.63) is 40.7 Å².